The molecule has 2 N–H and O–H groups in total. The van der Waals surface area contributed by atoms with Gasteiger partial charge in [0.2, 0.25) is 0 Å². The molecule has 0 bridgehead atoms. The molecule has 0 saturated heterocycles. The number of nitrogens with zero attached hydrogens (tertiary/aromatic N) is 3. The van der Waals surface area contributed by atoms with Crippen molar-refractivity contribution in [3.63, 3.8) is 0 Å². The molecule has 1 aromatic carbocycles. The molecule has 7 nitrogen and oxygen atoms in total. The molecule has 0 fully saturated rings. The summed E-state index contributed by atoms with van der Waals surface area (Å²) in [6, 6.07) is 8.81. The van der Waals surface area contributed by atoms with Crippen LogP contribution in [0.2, 0.25) is 0 Å². The van der Waals surface area contributed by atoms with E-state index in [9.17, 15) is 8.78 Å². The largest absolute Gasteiger partial charge is 0.493 e. The van der Waals surface area contributed by atoms with Crippen LogP contribution in [-0.2, 0) is 13.1 Å². The number of hydrogen-bond acceptors (Lipinski definition) is 5. The van der Waals surface area contributed by atoms with Gasteiger partial charge >= 0.3 is 6.61 Å². The van der Waals surface area contributed by atoms with Crippen molar-refractivity contribution in [3.05, 3.63) is 47.7 Å². The second-order valence-corrected chi connectivity index (χ2v) is 6.69. The lowest BCUT2D eigenvalue weighted by Crippen LogP contribution is -2.36. The van der Waals surface area contributed by atoms with Crippen LogP contribution in [0.15, 0.2) is 41.5 Å². The Labute approximate surface area is 199 Å². The van der Waals surface area contributed by atoms with Gasteiger partial charge in [-0.2, -0.15) is 8.78 Å². The molecular formula is C21H30F2IN5O2. The van der Waals surface area contributed by atoms with E-state index in [2.05, 4.69) is 25.3 Å². The molecule has 1 aromatic heterocycles. The van der Waals surface area contributed by atoms with Gasteiger partial charge < -0.3 is 25.0 Å². The maximum Gasteiger partial charge on any atom is 0.387 e. The molecule has 0 aliphatic carbocycles. The van der Waals surface area contributed by atoms with Crippen LogP contribution in [0.3, 0.4) is 0 Å². The third-order valence-electron chi connectivity index (χ3n) is 4.13. The average molecular weight is 549 g/mol. The SMILES string of the molecule is CCCOc1ccc(CNC(=NC)NCc2ccnc(N(C)C)c2)c(OC(F)F)c1.I. The van der Waals surface area contributed by atoms with Crippen molar-refractivity contribution in [2.75, 3.05) is 32.6 Å². The fourth-order valence-electron chi connectivity index (χ4n) is 2.60. The predicted octanol–water partition coefficient (Wildman–Crippen LogP) is 4.02. The van der Waals surface area contributed by atoms with Gasteiger partial charge in [0.15, 0.2) is 5.96 Å². The van der Waals surface area contributed by atoms with Gasteiger partial charge in [-0.1, -0.05) is 6.92 Å². The number of pyridine rings is 1. The monoisotopic (exact) mass is 549 g/mol. The maximum atomic E-state index is 12.8. The summed E-state index contributed by atoms with van der Waals surface area (Å²) >= 11 is 0. The lowest BCUT2D eigenvalue weighted by atomic mass is 10.2. The van der Waals surface area contributed by atoms with E-state index in [1.165, 1.54) is 6.07 Å². The molecule has 31 heavy (non-hydrogen) atoms. The Morgan fingerprint density at radius 2 is 1.90 bits per heavy atom. The number of anilines is 1. The van der Waals surface area contributed by atoms with Gasteiger partial charge in [-0.05, 0) is 36.2 Å². The number of alkyl halides is 2. The molecule has 10 heteroatoms. The quantitative estimate of drug-likeness (QED) is 0.265. The molecule has 0 spiro atoms. The Morgan fingerprint density at radius 1 is 1.16 bits per heavy atom. The summed E-state index contributed by atoms with van der Waals surface area (Å²) in [5.41, 5.74) is 1.61. The van der Waals surface area contributed by atoms with Gasteiger partial charge in [-0.3, -0.25) is 4.99 Å². The molecule has 0 radical (unpaired) electrons. The van der Waals surface area contributed by atoms with Crippen LogP contribution in [0.4, 0.5) is 14.6 Å². The lowest BCUT2D eigenvalue weighted by molar-refractivity contribution is -0.0505. The van der Waals surface area contributed by atoms with Crippen molar-refractivity contribution < 1.29 is 18.3 Å². The highest BCUT2D eigenvalue weighted by molar-refractivity contribution is 14.0. The van der Waals surface area contributed by atoms with E-state index in [0.717, 1.165) is 17.8 Å². The van der Waals surface area contributed by atoms with Crippen LogP contribution in [0.25, 0.3) is 0 Å². The van der Waals surface area contributed by atoms with E-state index < -0.39 is 6.61 Å². The first kappa shape index (κ1) is 26.7. The minimum atomic E-state index is -2.92. The zero-order valence-corrected chi connectivity index (χ0v) is 20.5. The standard InChI is InChI=1S/C21H29F2N5O2.HI/c1-5-10-29-17-7-6-16(18(12-17)30-20(22)23)14-27-21(24-2)26-13-15-8-9-25-19(11-15)28(3)4;/h6-9,11-12,20H,5,10,13-14H2,1-4H3,(H2,24,26,27);1H. The Bertz CT molecular complexity index is 837. The fourth-order valence-corrected chi connectivity index (χ4v) is 2.60. The molecule has 172 valence electrons. The average Bonchev–Trinajstić information content (AvgIpc) is 2.73. The van der Waals surface area contributed by atoms with Crippen LogP contribution in [0.5, 0.6) is 11.5 Å². The molecule has 0 unspecified atom stereocenters. The maximum absolute atomic E-state index is 12.8. The number of ether oxygens (including phenoxy) is 2. The molecule has 2 rings (SSSR count). The molecule has 0 amide bonds. The van der Waals surface area contributed by atoms with Crippen molar-refractivity contribution in [1.29, 1.82) is 0 Å². The van der Waals surface area contributed by atoms with E-state index >= 15 is 0 Å². The normalized spacial score (nSPS) is 11.0. The van der Waals surface area contributed by atoms with Crippen molar-refractivity contribution in [2.24, 2.45) is 4.99 Å². The number of halogens is 3. The number of aromatic nitrogens is 1. The number of benzene rings is 1. The van der Waals surface area contributed by atoms with Crippen molar-refractivity contribution in [3.8, 4) is 11.5 Å². The molecular weight excluding hydrogens is 519 g/mol. The Balaban J connectivity index is 0.00000480. The summed E-state index contributed by atoms with van der Waals surface area (Å²) in [7, 11) is 5.50. The Hall–Kier alpha value is -2.37. The first-order valence-electron chi connectivity index (χ1n) is 9.70. The smallest absolute Gasteiger partial charge is 0.387 e. The fraction of sp³-hybridized carbons (Fsp3) is 0.429. The number of guanidine groups is 1. The van der Waals surface area contributed by atoms with E-state index in [0.29, 0.717) is 30.4 Å². The summed E-state index contributed by atoms with van der Waals surface area (Å²) in [6.45, 7) is 0.357. The summed E-state index contributed by atoms with van der Waals surface area (Å²) in [6.07, 6.45) is 2.57. The van der Waals surface area contributed by atoms with Gasteiger partial charge in [0.05, 0.1) is 6.61 Å². The van der Waals surface area contributed by atoms with Gasteiger partial charge in [0.1, 0.15) is 17.3 Å². The van der Waals surface area contributed by atoms with Crippen LogP contribution < -0.4 is 25.0 Å². The van der Waals surface area contributed by atoms with Crippen molar-refractivity contribution in [1.82, 2.24) is 15.6 Å². The zero-order valence-electron chi connectivity index (χ0n) is 18.2. The summed E-state index contributed by atoms with van der Waals surface area (Å²) in [4.78, 5) is 10.4. The van der Waals surface area contributed by atoms with E-state index in [4.69, 9.17) is 4.74 Å². The minimum Gasteiger partial charge on any atom is -0.493 e. The second kappa shape index (κ2) is 13.8. The summed E-state index contributed by atoms with van der Waals surface area (Å²) in [5.74, 6) is 1.96. The van der Waals surface area contributed by atoms with E-state index in [-0.39, 0.29) is 36.3 Å². The van der Waals surface area contributed by atoms with Crippen LogP contribution in [-0.4, -0.2) is 45.3 Å². The van der Waals surface area contributed by atoms with Gasteiger partial charge in [-0.25, -0.2) is 4.98 Å². The van der Waals surface area contributed by atoms with Crippen molar-refractivity contribution >= 4 is 35.8 Å². The van der Waals surface area contributed by atoms with Crippen LogP contribution in [0, 0.1) is 0 Å². The first-order chi connectivity index (χ1) is 14.4. The topological polar surface area (TPSA) is 71.0 Å². The van der Waals surface area contributed by atoms with Gasteiger partial charge in [0, 0.05) is 52.1 Å². The Kier molecular flexibility index (Phi) is 11.9. The summed E-state index contributed by atoms with van der Waals surface area (Å²) in [5, 5.41) is 6.32. The molecule has 0 aliphatic heterocycles. The van der Waals surface area contributed by atoms with E-state index in [1.54, 1.807) is 25.4 Å². The van der Waals surface area contributed by atoms with E-state index in [1.807, 2.05) is 38.1 Å². The molecule has 0 saturated carbocycles. The zero-order chi connectivity index (χ0) is 21.9. The number of rotatable bonds is 10. The predicted molar refractivity (Wildman–Crippen MR) is 130 cm³/mol. The van der Waals surface area contributed by atoms with Crippen molar-refractivity contribution in [2.45, 2.75) is 33.0 Å². The van der Waals surface area contributed by atoms with Gasteiger partial charge in [-0.15, -0.1) is 24.0 Å². The van der Waals surface area contributed by atoms with Crippen LogP contribution >= 0.6 is 24.0 Å². The molecule has 0 aliphatic rings. The Morgan fingerprint density at radius 3 is 2.55 bits per heavy atom. The third kappa shape index (κ3) is 9.11. The molecule has 2 aromatic rings. The molecule has 0 atom stereocenters. The first-order valence-corrected chi connectivity index (χ1v) is 9.70. The van der Waals surface area contributed by atoms with Gasteiger partial charge in [0.25, 0.3) is 0 Å². The second-order valence-electron chi connectivity index (χ2n) is 6.69. The third-order valence-corrected chi connectivity index (χ3v) is 4.13. The molecule has 1 heterocycles. The number of hydrogen-bond donors (Lipinski definition) is 2. The highest BCUT2D eigenvalue weighted by Crippen LogP contribution is 2.26. The minimum absolute atomic E-state index is 0. The number of aliphatic imine (C=N–C) groups is 1. The highest BCUT2D eigenvalue weighted by atomic mass is 127. The summed E-state index contributed by atoms with van der Waals surface area (Å²) < 4.78 is 35.8. The highest BCUT2D eigenvalue weighted by Gasteiger charge is 2.12. The lowest BCUT2D eigenvalue weighted by Gasteiger charge is -2.16. The van der Waals surface area contributed by atoms with Crippen LogP contribution in [0.1, 0.15) is 24.5 Å². The number of nitrogens with one attached hydrogen (secondary N) is 2.